The van der Waals surface area contributed by atoms with Crippen molar-refractivity contribution < 1.29 is 23.8 Å². The molecular weight excluding hydrogens is 432 g/mol. The van der Waals surface area contributed by atoms with Gasteiger partial charge in [-0.25, -0.2) is 0 Å². The van der Waals surface area contributed by atoms with Gasteiger partial charge in [0.25, 0.3) is 5.91 Å². The van der Waals surface area contributed by atoms with Crippen molar-refractivity contribution in [1.82, 2.24) is 9.88 Å². The number of aromatic nitrogens is 1. The normalized spacial score (nSPS) is 15.9. The van der Waals surface area contributed by atoms with E-state index in [1.807, 2.05) is 31.2 Å². The number of fused-ring (bicyclic) bond motifs is 1. The van der Waals surface area contributed by atoms with Gasteiger partial charge in [0.1, 0.15) is 0 Å². The van der Waals surface area contributed by atoms with Crippen molar-refractivity contribution in [2.75, 3.05) is 7.11 Å². The summed E-state index contributed by atoms with van der Waals surface area (Å²) < 4.78 is 11.2. The maximum absolute atomic E-state index is 13.7. The van der Waals surface area contributed by atoms with Crippen molar-refractivity contribution in [2.24, 2.45) is 0 Å². The Bertz CT molecular complexity index is 1440. The van der Waals surface area contributed by atoms with Crippen LogP contribution >= 0.6 is 0 Å². The predicted molar refractivity (Wildman–Crippen MR) is 125 cm³/mol. The van der Waals surface area contributed by atoms with Crippen LogP contribution in [-0.4, -0.2) is 33.8 Å². The quantitative estimate of drug-likeness (QED) is 0.416. The van der Waals surface area contributed by atoms with E-state index in [4.69, 9.17) is 9.15 Å². The summed E-state index contributed by atoms with van der Waals surface area (Å²) in [5, 5.41) is 11.6. The van der Waals surface area contributed by atoms with E-state index in [9.17, 15) is 14.7 Å². The fourth-order valence-corrected chi connectivity index (χ4v) is 4.39. The molecule has 2 aromatic heterocycles. The van der Waals surface area contributed by atoms with Gasteiger partial charge in [-0.15, -0.1) is 0 Å². The number of aliphatic hydroxyl groups excluding tert-OH is 1. The molecule has 0 radical (unpaired) electrons. The van der Waals surface area contributed by atoms with Crippen molar-refractivity contribution in [2.45, 2.75) is 19.5 Å². The van der Waals surface area contributed by atoms with E-state index < -0.39 is 23.5 Å². The van der Waals surface area contributed by atoms with Gasteiger partial charge in [0.05, 0.1) is 18.7 Å². The van der Waals surface area contributed by atoms with Crippen LogP contribution in [0.3, 0.4) is 0 Å². The van der Waals surface area contributed by atoms with Crippen molar-refractivity contribution in [3.8, 4) is 5.75 Å². The molecule has 3 heterocycles. The second-order valence-corrected chi connectivity index (χ2v) is 8.13. The first-order chi connectivity index (χ1) is 16.5. The summed E-state index contributed by atoms with van der Waals surface area (Å²) in [4.78, 5) is 32.5. The first kappa shape index (κ1) is 21.5. The predicted octanol–water partition coefficient (Wildman–Crippen LogP) is 4.92. The van der Waals surface area contributed by atoms with Crippen LogP contribution in [0.4, 0.5) is 0 Å². The van der Waals surface area contributed by atoms with Gasteiger partial charge in [0.15, 0.2) is 22.9 Å². The molecule has 0 saturated carbocycles. The van der Waals surface area contributed by atoms with Gasteiger partial charge in [-0.3, -0.25) is 14.6 Å². The van der Waals surface area contributed by atoms with Gasteiger partial charge in [0.2, 0.25) is 5.78 Å². The number of pyridine rings is 1. The summed E-state index contributed by atoms with van der Waals surface area (Å²) in [7, 11) is 1.52. The lowest BCUT2D eigenvalue weighted by Gasteiger charge is -2.28. The van der Waals surface area contributed by atoms with Crippen molar-refractivity contribution in [3.05, 3.63) is 107 Å². The molecule has 34 heavy (non-hydrogen) atoms. The SMILES string of the molecule is COc1cccc2cc(C(=O)C3=C(O)C(=O)N(Cc4ccncc4)C3c3ccccc3C)oc12. The Labute approximate surface area is 195 Å². The fraction of sp³-hybridized carbons (Fsp3) is 0.148. The van der Waals surface area contributed by atoms with E-state index in [-0.39, 0.29) is 17.9 Å². The maximum atomic E-state index is 13.7. The highest BCUT2D eigenvalue weighted by Crippen LogP contribution is 2.42. The van der Waals surface area contributed by atoms with Gasteiger partial charge >= 0.3 is 0 Å². The number of carbonyl (C=O) groups excluding carboxylic acids is 2. The van der Waals surface area contributed by atoms with E-state index in [2.05, 4.69) is 4.98 Å². The number of hydrogen-bond donors (Lipinski definition) is 1. The van der Waals surface area contributed by atoms with E-state index >= 15 is 0 Å². The Kier molecular flexibility index (Phi) is 5.37. The second kappa shape index (κ2) is 8.51. The van der Waals surface area contributed by atoms with E-state index in [0.717, 1.165) is 16.7 Å². The number of hydrogen-bond acceptors (Lipinski definition) is 6. The van der Waals surface area contributed by atoms with Crippen molar-refractivity contribution in [3.63, 3.8) is 0 Å². The molecule has 1 aliphatic heterocycles. The summed E-state index contributed by atoms with van der Waals surface area (Å²) in [6.45, 7) is 2.11. The first-order valence-electron chi connectivity index (χ1n) is 10.8. The molecule has 1 amide bonds. The maximum Gasteiger partial charge on any atom is 0.290 e. The summed E-state index contributed by atoms with van der Waals surface area (Å²) >= 11 is 0. The number of ether oxygens (including phenoxy) is 1. The number of carbonyl (C=O) groups is 2. The molecule has 4 aromatic rings. The Morgan fingerprint density at radius 1 is 1.12 bits per heavy atom. The molecule has 1 N–H and O–H groups in total. The molecule has 0 spiro atoms. The smallest absolute Gasteiger partial charge is 0.290 e. The van der Waals surface area contributed by atoms with Crippen LogP contribution in [0.15, 0.2) is 88.8 Å². The number of rotatable bonds is 6. The summed E-state index contributed by atoms with van der Waals surface area (Å²) in [5.74, 6) is -1.21. The molecular formula is C27H22N2O5. The van der Waals surface area contributed by atoms with Crippen LogP contribution in [0.25, 0.3) is 11.0 Å². The number of nitrogens with zero attached hydrogens (tertiary/aromatic N) is 2. The molecule has 1 aliphatic rings. The van der Waals surface area contributed by atoms with Crippen molar-refractivity contribution >= 4 is 22.7 Å². The zero-order chi connectivity index (χ0) is 23.8. The number of methoxy groups -OCH3 is 1. The van der Waals surface area contributed by atoms with Crippen LogP contribution in [0.5, 0.6) is 5.75 Å². The third-order valence-electron chi connectivity index (χ3n) is 6.09. The molecule has 170 valence electrons. The van der Waals surface area contributed by atoms with Crippen LogP contribution < -0.4 is 4.74 Å². The van der Waals surface area contributed by atoms with Gasteiger partial charge in [0, 0.05) is 24.3 Å². The lowest BCUT2D eigenvalue weighted by Crippen LogP contribution is -2.31. The molecule has 0 fully saturated rings. The number of amides is 1. The molecule has 7 heteroatoms. The number of ketones is 1. The van der Waals surface area contributed by atoms with Crippen LogP contribution in [-0.2, 0) is 11.3 Å². The highest BCUT2D eigenvalue weighted by Gasteiger charge is 2.45. The minimum absolute atomic E-state index is 0.00798. The summed E-state index contributed by atoms with van der Waals surface area (Å²) in [5.41, 5.74) is 2.90. The monoisotopic (exact) mass is 454 g/mol. The Hall–Kier alpha value is -4.39. The summed E-state index contributed by atoms with van der Waals surface area (Å²) in [6.07, 6.45) is 3.28. The van der Waals surface area contributed by atoms with Gasteiger partial charge in [-0.2, -0.15) is 0 Å². The minimum atomic E-state index is -0.774. The third-order valence-corrected chi connectivity index (χ3v) is 6.09. The molecule has 0 bridgehead atoms. The number of benzene rings is 2. The fourth-order valence-electron chi connectivity index (χ4n) is 4.39. The van der Waals surface area contributed by atoms with E-state index in [1.54, 1.807) is 48.8 Å². The first-order valence-corrected chi connectivity index (χ1v) is 10.8. The molecule has 1 atom stereocenters. The number of Topliss-reactive ketones (excluding diaryl/α,β-unsaturated/α-hetero) is 1. The van der Waals surface area contributed by atoms with Gasteiger partial charge in [-0.1, -0.05) is 36.4 Å². The molecule has 2 aromatic carbocycles. The standard InChI is InChI=1S/C27H22N2O5/c1-16-6-3-4-8-19(16)23-22(25(31)27(32)29(23)15-17-10-12-28-13-11-17)24(30)21-14-18-7-5-9-20(33-2)26(18)34-21/h3-14,23,31H,15H2,1-2H3. The average Bonchev–Trinajstić information content (AvgIpc) is 3.40. The van der Waals surface area contributed by atoms with Gasteiger partial charge < -0.3 is 19.2 Å². The summed E-state index contributed by atoms with van der Waals surface area (Å²) in [6, 6.07) is 17.3. The minimum Gasteiger partial charge on any atom is -0.503 e. The Morgan fingerprint density at radius 2 is 1.88 bits per heavy atom. The lowest BCUT2D eigenvalue weighted by molar-refractivity contribution is -0.130. The van der Waals surface area contributed by atoms with Gasteiger partial charge in [-0.05, 0) is 47.9 Å². The molecule has 5 rings (SSSR count). The Morgan fingerprint density at radius 3 is 2.62 bits per heavy atom. The zero-order valence-electron chi connectivity index (χ0n) is 18.7. The van der Waals surface area contributed by atoms with Crippen LogP contribution in [0.1, 0.15) is 33.3 Å². The zero-order valence-corrected chi connectivity index (χ0v) is 18.7. The largest absolute Gasteiger partial charge is 0.503 e. The number of aliphatic hydroxyl groups is 1. The van der Waals surface area contributed by atoms with E-state index in [1.165, 1.54) is 12.0 Å². The molecule has 7 nitrogen and oxygen atoms in total. The molecule has 0 aliphatic carbocycles. The lowest BCUT2D eigenvalue weighted by atomic mass is 9.92. The van der Waals surface area contributed by atoms with E-state index in [0.29, 0.717) is 16.7 Å². The third kappa shape index (κ3) is 3.51. The molecule has 1 unspecified atom stereocenters. The van der Waals surface area contributed by atoms with Crippen LogP contribution in [0, 0.1) is 6.92 Å². The average molecular weight is 454 g/mol. The highest BCUT2D eigenvalue weighted by atomic mass is 16.5. The number of furan rings is 1. The number of para-hydroxylation sites is 1. The number of aryl methyl sites for hydroxylation is 1. The second-order valence-electron chi connectivity index (χ2n) is 8.13. The molecule has 0 saturated heterocycles. The Balaban J connectivity index is 1.62. The topological polar surface area (TPSA) is 92.9 Å². The van der Waals surface area contributed by atoms with Crippen molar-refractivity contribution in [1.29, 1.82) is 0 Å². The van der Waals surface area contributed by atoms with Crippen LogP contribution in [0.2, 0.25) is 0 Å². The highest BCUT2D eigenvalue weighted by molar-refractivity contribution is 6.16.